The maximum absolute atomic E-state index is 4.97. The fourth-order valence-corrected chi connectivity index (χ4v) is 0.513. The van der Waals surface area contributed by atoms with Crippen LogP contribution in [0.25, 0.3) is 0 Å². The van der Waals surface area contributed by atoms with E-state index in [9.17, 15) is 0 Å². The molecule has 0 aliphatic carbocycles. The zero-order valence-corrected chi connectivity index (χ0v) is 5.90. The van der Waals surface area contributed by atoms with E-state index in [-0.39, 0.29) is 0 Å². The minimum atomic E-state index is 1.24. The Morgan fingerprint density at radius 2 is 2.25 bits per heavy atom. The molecule has 0 bridgehead atoms. The van der Waals surface area contributed by atoms with Gasteiger partial charge in [0.05, 0.1) is 6.34 Å². The highest BCUT2D eigenvalue weighted by atomic mass is 32.2. The minimum Gasteiger partial charge on any atom is -0.389 e. The lowest BCUT2D eigenvalue weighted by molar-refractivity contribution is 1.41. The Bertz CT molecular complexity index is 103. The largest absolute Gasteiger partial charge is 0.389 e. The van der Waals surface area contributed by atoms with E-state index in [0.717, 1.165) is 0 Å². The first kappa shape index (κ1) is 7.56. The third-order valence-corrected chi connectivity index (χ3v) is 1.23. The second-order valence-corrected chi connectivity index (χ2v) is 2.21. The molecule has 0 aromatic heterocycles. The Balaban J connectivity index is 3.30. The van der Waals surface area contributed by atoms with Gasteiger partial charge in [-0.1, -0.05) is 5.57 Å². The predicted molar refractivity (Wildman–Crippen MR) is 39.7 cm³/mol. The predicted octanol–water partition coefficient (Wildman–Crippen LogP) is 1.55. The third-order valence-electron chi connectivity index (χ3n) is 0.410. The van der Waals surface area contributed by atoms with E-state index in [2.05, 4.69) is 4.40 Å². The molecule has 0 amide bonds. The van der Waals surface area contributed by atoms with Crippen LogP contribution in [0.3, 0.4) is 0 Å². The van der Waals surface area contributed by atoms with Crippen molar-refractivity contribution in [3.63, 3.8) is 0 Å². The summed E-state index contributed by atoms with van der Waals surface area (Å²) in [4.78, 5) is 0. The van der Waals surface area contributed by atoms with Crippen molar-refractivity contribution in [1.29, 1.82) is 0 Å². The van der Waals surface area contributed by atoms with Crippen molar-refractivity contribution in [1.82, 2.24) is 0 Å². The molecule has 0 heterocycles. The fourth-order valence-electron chi connectivity index (χ4n) is 0.171. The molecule has 0 aliphatic rings. The maximum Gasteiger partial charge on any atom is 0.0941 e. The van der Waals surface area contributed by atoms with Crippen LogP contribution in [0.15, 0.2) is 15.4 Å². The summed E-state index contributed by atoms with van der Waals surface area (Å²) in [5.74, 6) is 0. The van der Waals surface area contributed by atoms with Crippen molar-refractivity contribution in [3.8, 4) is 0 Å². The highest BCUT2D eigenvalue weighted by Gasteiger charge is 1.72. The highest BCUT2D eigenvalue weighted by Crippen LogP contribution is 2.05. The molecule has 0 rings (SSSR count). The summed E-state index contributed by atoms with van der Waals surface area (Å²) in [5, 5.41) is 1.93. The molecule has 8 heavy (non-hydrogen) atoms. The zero-order valence-electron chi connectivity index (χ0n) is 5.09. The van der Waals surface area contributed by atoms with Crippen molar-refractivity contribution in [3.05, 3.63) is 11.0 Å². The Hall–Kier alpha value is -0.440. The SMILES string of the molecule is CC(C)=CS/N=C\N. The monoisotopic (exact) mass is 130 g/mol. The Morgan fingerprint density at radius 1 is 1.62 bits per heavy atom. The number of hydrogen-bond acceptors (Lipinski definition) is 2. The Morgan fingerprint density at radius 3 is 2.62 bits per heavy atom. The Labute approximate surface area is 54.0 Å². The molecule has 0 fully saturated rings. The average molecular weight is 130 g/mol. The van der Waals surface area contributed by atoms with Crippen LogP contribution >= 0.6 is 11.9 Å². The van der Waals surface area contributed by atoms with E-state index in [0.29, 0.717) is 0 Å². The molecule has 0 atom stereocenters. The third kappa shape index (κ3) is 5.56. The van der Waals surface area contributed by atoms with Crippen molar-refractivity contribution < 1.29 is 0 Å². The molecule has 2 nitrogen and oxygen atoms in total. The van der Waals surface area contributed by atoms with Gasteiger partial charge in [0.2, 0.25) is 0 Å². The lowest BCUT2D eigenvalue weighted by Gasteiger charge is -1.82. The van der Waals surface area contributed by atoms with Gasteiger partial charge in [0, 0.05) is 11.9 Å². The molecule has 0 saturated carbocycles. The van der Waals surface area contributed by atoms with Crippen LogP contribution in [0.4, 0.5) is 0 Å². The van der Waals surface area contributed by atoms with Crippen LogP contribution in [0, 0.1) is 0 Å². The molecule has 0 aromatic rings. The van der Waals surface area contributed by atoms with Crippen LogP contribution in [0.2, 0.25) is 0 Å². The van der Waals surface area contributed by atoms with Gasteiger partial charge < -0.3 is 5.73 Å². The number of rotatable bonds is 2. The molecular formula is C5H10N2S. The average Bonchev–Trinajstić information content (AvgIpc) is 1.66. The lowest BCUT2D eigenvalue weighted by atomic mass is 10.4. The molecule has 0 unspecified atom stereocenters. The summed E-state index contributed by atoms with van der Waals surface area (Å²) in [5.41, 5.74) is 6.21. The van der Waals surface area contributed by atoms with Gasteiger partial charge in [-0.15, -0.1) is 0 Å². The van der Waals surface area contributed by atoms with E-state index >= 15 is 0 Å². The van der Waals surface area contributed by atoms with Gasteiger partial charge in [-0.2, -0.15) is 0 Å². The summed E-state index contributed by atoms with van der Waals surface area (Å²) in [6.45, 7) is 4.03. The summed E-state index contributed by atoms with van der Waals surface area (Å²) in [7, 11) is 0. The smallest absolute Gasteiger partial charge is 0.0941 e. The number of nitrogens with two attached hydrogens (primary N) is 1. The van der Waals surface area contributed by atoms with E-state index in [1.165, 1.54) is 23.9 Å². The first-order chi connectivity index (χ1) is 3.77. The van der Waals surface area contributed by atoms with Crippen molar-refractivity contribution in [2.75, 3.05) is 0 Å². The van der Waals surface area contributed by atoms with Crippen molar-refractivity contribution in [2.24, 2.45) is 10.1 Å². The second-order valence-electron chi connectivity index (χ2n) is 1.56. The van der Waals surface area contributed by atoms with Crippen molar-refractivity contribution in [2.45, 2.75) is 13.8 Å². The number of allylic oxidation sites excluding steroid dienone is 1. The molecule has 0 saturated heterocycles. The van der Waals surface area contributed by atoms with Gasteiger partial charge in [0.15, 0.2) is 0 Å². The molecule has 0 aliphatic heterocycles. The molecule has 0 aromatic carbocycles. The molecule has 0 radical (unpaired) electrons. The summed E-state index contributed by atoms with van der Waals surface area (Å²) in [6, 6.07) is 0. The summed E-state index contributed by atoms with van der Waals surface area (Å²) < 4.78 is 3.70. The zero-order chi connectivity index (χ0) is 6.41. The van der Waals surface area contributed by atoms with Crippen LogP contribution in [0.5, 0.6) is 0 Å². The first-order valence-corrected chi connectivity index (χ1v) is 3.14. The lowest BCUT2D eigenvalue weighted by Crippen LogP contribution is -1.84. The van der Waals surface area contributed by atoms with Gasteiger partial charge in [-0.05, 0) is 19.3 Å². The van der Waals surface area contributed by atoms with Crippen molar-refractivity contribution >= 4 is 18.3 Å². The van der Waals surface area contributed by atoms with Crippen LogP contribution in [0.1, 0.15) is 13.8 Å². The topological polar surface area (TPSA) is 38.4 Å². The van der Waals surface area contributed by atoms with E-state index < -0.39 is 0 Å². The molecule has 3 heteroatoms. The highest BCUT2D eigenvalue weighted by molar-refractivity contribution is 8.01. The quantitative estimate of drug-likeness (QED) is 0.350. The Kier molecular flexibility index (Phi) is 4.45. The van der Waals surface area contributed by atoms with Crippen LogP contribution in [-0.4, -0.2) is 6.34 Å². The maximum atomic E-state index is 4.97. The summed E-state index contributed by atoms with van der Waals surface area (Å²) >= 11 is 1.34. The first-order valence-electron chi connectivity index (χ1n) is 2.30. The molecule has 0 spiro atoms. The van der Waals surface area contributed by atoms with Gasteiger partial charge in [0.25, 0.3) is 0 Å². The van der Waals surface area contributed by atoms with Gasteiger partial charge in [-0.25, -0.2) is 4.40 Å². The molecular weight excluding hydrogens is 120 g/mol. The number of nitrogens with zero attached hydrogens (tertiary/aromatic N) is 1. The van der Waals surface area contributed by atoms with Crippen LogP contribution in [-0.2, 0) is 0 Å². The standard InChI is InChI=1S/C5H10N2S/c1-5(2)3-8-7-4-6/h3-4H,1-2H3,(H2,6,7). The van der Waals surface area contributed by atoms with Gasteiger partial charge in [-0.3, -0.25) is 0 Å². The van der Waals surface area contributed by atoms with E-state index in [4.69, 9.17) is 5.73 Å². The normalized spacial score (nSPS) is 9.75. The molecule has 2 N–H and O–H groups in total. The van der Waals surface area contributed by atoms with Crippen LogP contribution < -0.4 is 5.73 Å². The second kappa shape index (κ2) is 4.71. The van der Waals surface area contributed by atoms with E-state index in [1.54, 1.807) is 0 Å². The molecule has 46 valence electrons. The van der Waals surface area contributed by atoms with Gasteiger partial charge >= 0.3 is 0 Å². The summed E-state index contributed by atoms with van der Waals surface area (Å²) in [6.07, 6.45) is 1.28. The number of hydrogen-bond donors (Lipinski definition) is 1. The minimum absolute atomic E-state index is 1.24. The fraction of sp³-hybridized carbons (Fsp3) is 0.400. The van der Waals surface area contributed by atoms with E-state index in [1.807, 2.05) is 19.3 Å². The van der Waals surface area contributed by atoms with Gasteiger partial charge in [0.1, 0.15) is 0 Å².